The molecule has 0 unspecified atom stereocenters. The number of rotatable bonds is 4. The van der Waals surface area contributed by atoms with Gasteiger partial charge in [0.05, 0.1) is 25.5 Å². The second-order valence-corrected chi connectivity index (χ2v) is 2.16. The van der Waals surface area contributed by atoms with Crippen LogP contribution in [0.1, 0.15) is 6.92 Å². The fraction of sp³-hybridized carbons (Fsp3) is 0.571. The van der Waals surface area contributed by atoms with Gasteiger partial charge < -0.3 is 10.5 Å². The number of hydrogen-bond donors (Lipinski definition) is 1. The number of nitrogens with two attached hydrogens (primary N) is 1. The van der Waals surface area contributed by atoms with Crippen LogP contribution in [0.15, 0.2) is 12.4 Å². The lowest BCUT2D eigenvalue weighted by Crippen LogP contribution is -2.09. The van der Waals surface area contributed by atoms with E-state index in [1.807, 2.05) is 13.1 Å². The van der Waals surface area contributed by atoms with E-state index >= 15 is 0 Å². The van der Waals surface area contributed by atoms with E-state index in [-0.39, 0.29) is 0 Å². The average molecular weight is 155 g/mol. The van der Waals surface area contributed by atoms with Gasteiger partial charge in [-0.2, -0.15) is 5.10 Å². The van der Waals surface area contributed by atoms with Crippen LogP contribution in [0.5, 0.6) is 5.75 Å². The predicted molar refractivity (Wildman–Crippen MR) is 42.5 cm³/mol. The van der Waals surface area contributed by atoms with Gasteiger partial charge in [-0.3, -0.25) is 4.68 Å². The van der Waals surface area contributed by atoms with Crippen LogP contribution in [0.3, 0.4) is 0 Å². The monoisotopic (exact) mass is 155 g/mol. The molecule has 0 bridgehead atoms. The molecule has 0 saturated heterocycles. The molecule has 4 heteroatoms. The van der Waals surface area contributed by atoms with Crippen LogP contribution in [-0.2, 0) is 6.54 Å². The topological polar surface area (TPSA) is 53.1 Å². The van der Waals surface area contributed by atoms with Gasteiger partial charge in [-0.05, 0) is 6.92 Å². The summed E-state index contributed by atoms with van der Waals surface area (Å²) in [5.74, 6) is 0.806. The van der Waals surface area contributed by atoms with E-state index in [1.165, 1.54) is 0 Å². The SMILES string of the molecule is CCOc1cnn(CCN)c1. The van der Waals surface area contributed by atoms with Crippen molar-refractivity contribution in [2.24, 2.45) is 5.73 Å². The highest BCUT2D eigenvalue weighted by Gasteiger charge is 1.95. The lowest BCUT2D eigenvalue weighted by atomic mass is 10.6. The molecular weight excluding hydrogens is 142 g/mol. The van der Waals surface area contributed by atoms with Crippen molar-refractivity contribution in [1.29, 1.82) is 0 Å². The van der Waals surface area contributed by atoms with Gasteiger partial charge in [0.15, 0.2) is 5.75 Å². The fourth-order valence-electron chi connectivity index (χ4n) is 0.840. The van der Waals surface area contributed by atoms with Gasteiger partial charge in [-0.15, -0.1) is 0 Å². The molecule has 1 aromatic rings. The molecule has 0 spiro atoms. The van der Waals surface area contributed by atoms with Crippen LogP contribution in [0.2, 0.25) is 0 Å². The Morgan fingerprint density at radius 3 is 3.18 bits per heavy atom. The summed E-state index contributed by atoms with van der Waals surface area (Å²) in [6.07, 6.45) is 3.54. The quantitative estimate of drug-likeness (QED) is 0.677. The van der Waals surface area contributed by atoms with Crippen molar-refractivity contribution < 1.29 is 4.74 Å². The van der Waals surface area contributed by atoms with Crippen LogP contribution in [0.4, 0.5) is 0 Å². The molecule has 0 radical (unpaired) electrons. The largest absolute Gasteiger partial charge is 0.491 e. The highest BCUT2D eigenvalue weighted by Crippen LogP contribution is 2.06. The molecule has 0 fully saturated rings. The van der Waals surface area contributed by atoms with Crippen LogP contribution >= 0.6 is 0 Å². The molecule has 62 valence electrons. The first-order valence-electron chi connectivity index (χ1n) is 3.72. The van der Waals surface area contributed by atoms with Crippen molar-refractivity contribution in [2.75, 3.05) is 13.2 Å². The maximum absolute atomic E-state index is 5.34. The maximum atomic E-state index is 5.34. The molecule has 0 aliphatic heterocycles. The van der Waals surface area contributed by atoms with E-state index in [2.05, 4.69) is 5.10 Å². The van der Waals surface area contributed by atoms with E-state index in [0.29, 0.717) is 13.2 Å². The second-order valence-electron chi connectivity index (χ2n) is 2.16. The van der Waals surface area contributed by atoms with E-state index in [0.717, 1.165) is 12.3 Å². The van der Waals surface area contributed by atoms with Crippen LogP contribution in [0, 0.1) is 0 Å². The minimum Gasteiger partial charge on any atom is -0.491 e. The number of hydrogen-bond acceptors (Lipinski definition) is 3. The van der Waals surface area contributed by atoms with Gasteiger partial charge in [0.2, 0.25) is 0 Å². The molecule has 0 aromatic carbocycles. The smallest absolute Gasteiger partial charge is 0.157 e. The zero-order valence-electron chi connectivity index (χ0n) is 6.66. The van der Waals surface area contributed by atoms with Gasteiger partial charge in [-0.1, -0.05) is 0 Å². The first-order chi connectivity index (χ1) is 5.36. The molecule has 0 aliphatic rings. The third kappa shape index (κ3) is 2.23. The highest BCUT2D eigenvalue weighted by atomic mass is 16.5. The van der Waals surface area contributed by atoms with Gasteiger partial charge in [0.25, 0.3) is 0 Å². The highest BCUT2D eigenvalue weighted by molar-refractivity contribution is 5.11. The van der Waals surface area contributed by atoms with Crippen molar-refractivity contribution in [3.8, 4) is 5.75 Å². The zero-order chi connectivity index (χ0) is 8.10. The molecule has 0 atom stereocenters. The summed E-state index contributed by atoms with van der Waals surface area (Å²) < 4.78 is 6.98. The summed E-state index contributed by atoms with van der Waals surface area (Å²) in [6, 6.07) is 0. The summed E-state index contributed by atoms with van der Waals surface area (Å²) in [4.78, 5) is 0. The summed E-state index contributed by atoms with van der Waals surface area (Å²) in [6.45, 7) is 3.97. The molecule has 0 aliphatic carbocycles. The molecule has 4 nitrogen and oxygen atoms in total. The van der Waals surface area contributed by atoms with Crippen molar-refractivity contribution in [1.82, 2.24) is 9.78 Å². The second kappa shape index (κ2) is 3.98. The van der Waals surface area contributed by atoms with Crippen molar-refractivity contribution >= 4 is 0 Å². The lowest BCUT2D eigenvalue weighted by Gasteiger charge is -1.96. The van der Waals surface area contributed by atoms with Crippen molar-refractivity contribution in [2.45, 2.75) is 13.5 Å². The molecule has 1 aromatic heterocycles. The van der Waals surface area contributed by atoms with E-state index in [1.54, 1.807) is 10.9 Å². The van der Waals surface area contributed by atoms with Crippen molar-refractivity contribution in [3.63, 3.8) is 0 Å². The van der Waals surface area contributed by atoms with Crippen LogP contribution in [0.25, 0.3) is 0 Å². The Morgan fingerprint density at radius 1 is 1.73 bits per heavy atom. The Morgan fingerprint density at radius 2 is 2.55 bits per heavy atom. The van der Waals surface area contributed by atoms with Gasteiger partial charge in [0.1, 0.15) is 0 Å². The standard InChI is InChI=1S/C7H13N3O/c1-2-11-7-5-9-10(6-7)4-3-8/h5-6H,2-4,8H2,1H3. The van der Waals surface area contributed by atoms with Gasteiger partial charge >= 0.3 is 0 Å². The Balaban J connectivity index is 2.51. The van der Waals surface area contributed by atoms with Crippen LogP contribution < -0.4 is 10.5 Å². The van der Waals surface area contributed by atoms with E-state index in [4.69, 9.17) is 10.5 Å². The Labute approximate surface area is 66.0 Å². The summed E-state index contributed by atoms with van der Waals surface area (Å²) >= 11 is 0. The first kappa shape index (κ1) is 8.07. The molecule has 11 heavy (non-hydrogen) atoms. The molecule has 0 amide bonds. The van der Waals surface area contributed by atoms with Crippen LogP contribution in [-0.4, -0.2) is 22.9 Å². The Kier molecular flexibility index (Phi) is 2.92. The predicted octanol–water partition coefficient (Wildman–Crippen LogP) is 0.241. The third-order valence-corrected chi connectivity index (χ3v) is 1.28. The molecule has 1 rings (SSSR count). The van der Waals surface area contributed by atoms with E-state index < -0.39 is 0 Å². The summed E-state index contributed by atoms with van der Waals surface area (Å²) in [7, 11) is 0. The first-order valence-corrected chi connectivity index (χ1v) is 3.72. The normalized spacial score (nSPS) is 10.0. The maximum Gasteiger partial charge on any atom is 0.157 e. The lowest BCUT2D eigenvalue weighted by molar-refractivity contribution is 0.339. The van der Waals surface area contributed by atoms with Gasteiger partial charge in [0, 0.05) is 6.54 Å². The van der Waals surface area contributed by atoms with Gasteiger partial charge in [-0.25, -0.2) is 0 Å². The summed E-state index contributed by atoms with van der Waals surface area (Å²) in [5.41, 5.74) is 5.34. The van der Waals surface area contributed by atoms with Crippen molar-refractivity contribution in [3.05, 3.63) is 12.4 Å². The number of ether oxygens (including phenoxy) is 1. The Hall–Kier alpha value is -1.03. The number of aromatic nitrogens is 2. The minimum atomic E-state index is 0.604. The molecular formula is C7H13N3O. The summed E-state index contributed by atoms with van der Waals surface area (Å²) in [5, 5.41) is 4.04. The number of nitrogens with zero attached hydrogens (tertiary/aromatic N) is 2. The Bertz CT molecular complexity index is 189. The zero-order valence-corrected chi connectivity index (χ0v) is 6.66. The minimum absolute atomic E-state index is 0.604. The molecule has 2 N–H and O–H groups in total. The molecule has 0 saturated carbocycles. The average Bonchev–Trinajstić information content (AvgIpc) is 2.38. The molecule has 1 heterocycles. The third-order valence-electron chi connectivity index (χ3n) is 1.28. The fourth-order valence-corrected chi connectivity index (χ4v) is 0.840. The van der Waals surface area contributed by atoms with E-state index in [9.17, 15) is 0 Å².